The van der Waals surface area contributed by atoms with Crippen LogP contribution in [0.4, 0.5) is 0 Å². The van der Waals surface area contributed by atoms with E-state index in [0.29, 0.717) is 26.2 Å². The molecule has 0 unspecified atom stereocenters. The molecule has 9 heteroatoms. The van der Waals surface area contributed by atoms with Gasteiger partial charge in [0.1, 0.15) is 0 Å². The third kappa shape index (κ3) is 16.6. The Hall–Kier alpha value is -0.0500. The fourth-order valence-electron chi connectivity index (χ4n) is 0.343. The maximum Gasteiger partial charge on any atom is 0.472 e. The van der Waals surface area contributed by atoms with Crippen molar-refractivity contribution >= 4 is 7.82 Å². The summed E-state index contributed by atoms with van der Waals surface area (Å²) in [6.07, 6.45) is 0. The molecule has 0 atom stereocenters. The van der Waals surface area contributed by atoms with Gasteiger partial charge in [0.05, 0.1) is 13.2 Å². The Bertz CT molecular complexity index is 153. The van der Waals surface area contributed by atoms with E-state index < -0.39 is 7.82 Å². The number of phosphoric acid groups is 1. The molecule has 1 aliphatic heterocycles. The zero-order valence-electron chi connectivity index (χ0n) is 8.67. The highest BCUT2D eigenvalue weighted by molar-refractivity contribution is 7.47. The first-order valence-electron chi connectivity index (χ1n) is 4.46. The average Bonchev–Trinajstić information content (AvgIpc) is 2.63. The summed E-state index contributed by atoms with van der Waals surface area (Å²) in [6, 6.07) is 0. The fraction of sp³-hybridized carbons (Fsp3) is 1.00. The van der Waals surface area contributed by atoms with Crippen LogP contribution < -0.4 is 22.9 Å². The second-order valence-corrected chi connectivity index (χ2v) is 3.74. The van der Waals surface area contributed by atoms with Gasteiger partial charge in [-0.1, -0.05) is 0 Å². The minimum absolute atomic E-state index is 0.230. The second-order valence-electron chi connectivity index (χ2n) is 2.29. The number of hydrogen-bond donors (Lipinski definition) is 5. The molecule has 0 saturated carbocycles. The van der Waals surface area contributed by atoms with Crippen molar-refractivity contribution in [3.05, 3.63) is 0 Å². The van der Waals surface area contributed by atoms with E-state index in [2.05, 4.69) is 9.05 Å². The summed E-state index contributed by atoms with van der Waals surface area (Å²) in [5.41, 5.74) is 19.6. The molecule has 0 aromatic heterocycles. The molecule has 0 aromatic rings. The van der Waals surface area contributed by atoms with Crippen molar-refractivity contribution in [2.45, 2.75) is 0 Å². The van der Waals surface area contributed by atoms with Crippen molar-refractivity contribution in [3.8, 4) is 0 Å². The van der Waals surface area contributed by atoms with Gasteiger partial charge in [0.2, 0.25) is 0 Å². The molecule has 1 aliphatic rings. The van der Waals surface area contributed by atoms with Gasteiger partial charge in [-0.25, -0.2) is 4.57 Å². The summed E-state index contributed by atoms with van der Waals surface area (Å²) in [4.78, 5) is 8.31. The first-order valence-corrected chi connectivity index (χ1v) is 5.95. The van der Waals surface area contributed by atoms with Crippen LogP contribution in [0.5, 0.6) is 0 Å². The van der Waals surface area contributed by atoms with Crippen LogP contribution in [0.3, 0.4) is 0 Å². The normalized spacial score (nSPS) is 17.1. The van der Waals surface area contributed by atoms with Crippen LogP contribution in [-0.4, -0.2) is 44.3 Å². The van der Waals surface area contributed by atoms with E-state index in [1.54, 1.807) is 0 Å². The summed E-state index contributed by atoms with van der Waals surface area (Å²) >= 11 is 0. The van der Waals surface area contributed by atoms with Crippen molar-refractivity contribution in [3.63, 3.8) is 0 Å². The lowest BCUT2D eigenvalue weighted by Gasteiger charge is -1.94. The van der Waals surface area contributed by atoms with Gasteiger partial charge in [-0.05, 0) is 0 Å². The van der Waals surface area contributed by atoms with Crippen LogP contribution in [-0.2, 0) is 13.6 Å². The van der Waals surface area contributed by atoms with Gasteiger partial charge in [-0.3, -0.25) is 9.05 Å². The topological polar surface area (TPSA) is 160 Å². The summed E-state index contributed by atoms with van der Waals surface area (Å²) in [5, 5.41) is 0. The average molecular weight is 244 g/mol. The highest BCUT2D eigenvalue weighted by atomic mass is 31.2. The first kappa shape index (κ1) is 17.3. The smallest absolute Gasteiger partial charge is 0.329 e. The van der Waals surface area contributed by atoms with Crippen LogP contribution in [0.25, 0.3) is 0 Å². The van der Waals surface area contributed by atoms with Crippen molar-refractivity contribution in [1.82, 2.24) is 0 Å². The fourth-order valence-corrected chi connectivity index (χ4v) is 1.03. The number of hydrogen-bond acceptors (Lipinski definition) is 7. The Balaban J connectivity index is 0. The van der Waals surface area contributed by atoms with Gasteiger partial charge in [-0.2, -0.15) is 0 Å². The molecule has 8 nitrogen and oxygen atoms in total. The number of rotatable bonds is 2. The Kier molecular flexibility index (Phi) is 13.9. The van der Waals surface area contributed by atoms with Crippen molar-refractivity contribution < 1.29 is 18.5 Å². The van der Waals surface area contributed by atoms with Gasteiger partial charge in [0.25, 0.3) is 0 Å². The Morgan fingerprint density at radius 2 is 1.20 bits per heavy atom. The van der Waals surface area contributed by atoms with E-state index in [4.69, 9.17) is 27.8 Å². The Morgan fingerprint density at radius 1 is 0.933 bits per heavy atom. The minimum Gasteiger partial charge on any atom is -0.329 e. The number of phosphoric ester groups is 1. The van der Waals surface area contributed by atoms with Gasteiger partial charge in [-0.15, -0.1) is 0 Å². The predicted octanol–water partition coefficient (Wildman–Crippen LogP) is -2.06. The first-order chi connectivity index (χ1) is 7.04. The molecule has 0 spiro atoms. The second kappa shape index (κ2) is 12.0. The minimum atomic E-state index is -3.54. The highest BCUT2D eigenvalue weighted by Gasteiger charge is 2.26. The molecule has 1 heterocycles. The van der Waals surface area contributed by atoms with Crippen LogP contribution in [0.15, 0.2) is 0 Å². The summed E-state index contributed by atoms with van der Waals surface area (Å²) in [5.74, 6) is 0. The van der Waals surface area contributed by atoms with Gasteiger partial charge < -0.3 is 27.8 Å². The van der Waals surface area contributed by atoms with E-state index in [9.17, 15) is 4.57 Å². The van der Waals surface area contributed by atoms with Gasteiger partial charge >= 0.3 is 7.82 Å². The third-order valence-electron chi connectivity index (χ3n) is 0.926. The SMILES string of the molecule is NCCN.NCCN.O=P1(O)OCCO1. The van der Waals surface area contributed by atoms with Crippen LogP contribution >= 0.6 is 7.82 Å². The van der Waals surface area contributed by atoms with Gasteiger partial charge in [0.15, 0.2) is 0 Å². The Morgan fingerprint density at radius 3 is 1.27 bits per heavy atom. The maximum atomic E-state index is 10.1. The lowest BCUT2D eigenvalue weighted by atomic mass is 10.7. The van der Waals surface area contributed by atoms with Crippen molar-refractivity contribution in [2.24, 2.45) is 22.9 Å². The molecule has 0 aromatic carbocycles. The molecule has 15 heavy (non-hydrogen) atoms. The molecular weight excluding hydrogens is 223 g/mol. The zero-order valence-corrected chi connectivity index (χ0v) is 9.57. The summed E-state index contributed by atoms with van der Waals surface area (Å²) in [7, 11) is -3.54. The molecule has 0 radical (unpaired) electrons. The third-order valence-corrected chi connectivity index (χ3v) is 1.94. The maximum absolute atomic E-state index is 10.1. The lowest BCUT2D eigenvalue weighted by molar-refractivity contribution is 0.262. The van der Waals surface area contributed by atoms with Crippen LogP contribution in [0.2, 0.25) is 0 Å². The quantitative estimate of drug-likeness (QED) is 0.346. The lowest BCUT2D eigenvalue weighted by Crippen LogP contribution is -2.11. The van der Waals surface area contributed by atoms with Gasteiger partial charge in [0, 0.05) is 26.2 Å². The molecule has 0 amide bonds. The van der Waals surface area contributed by atoms with E-state index in [1.807, 2.05) is 0 Å². The molecule has 1 fully saturated rings. The van der Waals surface area contributed by atoms with Crippen LogP contribution in [0, 0.1) is 0 Å². The largest absolute Gasteiger partial charge is 0.472 e. The zero-order chi connectivity index (χ0) is 12.2. The molecule has 94 valence electrons. The van der Waals surface area contributed by atoms with Crippen molar-refractivity contribution in [1.29, 1.82) is 0 Å². The predicted molar refractivity (Wildman–Crippen MR) is 57.9 cm³/mol. The Labute approximate surface area is 89.5 Å². The van der Waals surface area contributed by atoms with E-state index >= 15 is 0 Å². The summed E-state index contributed by atoms with van der Waals surface area (Å²) < 4.78 is 18.6. The van der Waals surface area contributed by atoms with E-state index in [0.717, 1.165) is 0 Å². The molecular formula is C6H21N4O4P. The number of nitrogens with two attached hydrogens (primary N) is 4. The molecule has 0 bridgehead atoms. The molecule has 0 aliphatic carbocycles. The van der Waals surface area contributed by atoms with E-state index in [1.165, 1.54) is 0 Å². The monoisotopic (exact) mass is 244 g/mol. The molecule has 1 saturated heterocycles. The standard InChI is InChI=1S/2C2H8N2.C2H5O4P/c2*3-1-2-4;3-7(4)5-1-2-6-7/h2*1-4H2;1-2H2,(H,3,4). The highest BCUT2D eigenvalue weighted by Crippen LogP contribution is 2.46. The van der Waals surface area contributed by atoms with E-state index in [-0.39, 0.29) is 13.2 Å². The summed E-state index contributed by atoms with van der Waals surface area (Å²) in [6.45, 7) is 2.85. The molecule has 9 N–H and O–H groups in total. The van der Waals surface area contributed by atoms with Crippen molar-refractivity contribution in [2.75, 3.05) is 39.4 Å². The molecule has 1 rings (SSSR count). The van der Waals surface area contributed by atoms with Crippen LogP contribution in [0.1, 0.15) is 0 Å².